The standard InChI is InChI=1S/C22H26O5S/c23-20(24)15-22(27,21(25)26)16-28-14-8-2-5-11-18-12-6-7-13-19(18)17-9-3-1-4-10-17/h1,3-4,6-7,9-10,12-13,27H,2,5,8,11,14-16H2,(H,23,24)(H,25,26)/t22-/m1/s1. The van der Waals surface area contributed by atoms with Gasteiger partial charge in [0, 0.05) is 5.75 Å². The largest absolute Gasteiger partial charge is 0.481 e. The predicted molar refractivity (Wildman–Crippen MR) is 112 cm³/mol. The number of carboxylic acids is 2. The molecule has 0 aliphatic carbocycles. The molecule has 28 heavy (non-hydrogen) atoms. The number of benzene rings is 2. The van der Waals surface area contributed by atoms with Crippen molar-refractivity contribution in [3.05, 3.63) is 60.2 Å². The smallest absolute Gasteiger partial charge is 0.337 e. The van der Waals surface area contributed by atoms with Gasteiger partial charge in [-0.05, 0) is 41.7 Å². The van der Waals surface area contributed by atoms with Crippen molar-refractivity contribution in [2.24, 2.45) is 0 Å². The van der Waals surface area contributed by atoms with E-state index in [1.165, 1.54) is 28.5 Å². The van der Waals surface area contributed by atoms with E-state index in [0.717, 1.165) is 25.7 Å². The summed E-state index contributed by atoms with van der Waals surface area (Å²) in [5, 5.41) is 27.7. The van der Waals surface area contributed by atoms with E-state index in [1.807, 2.05) is 30.3 Å². The van der Waals surface area contributed by atoms with Crippen LogP contribution in [0.25, 0.3) is 11.1 Å². The van der Waals surface area contributed by atoms with Gasteiger partial charge in [-0.2, -0.15) is 11.8 Å². The van der Waals surface area contributed by atoms with Gasteiger partial charge in [-0.25, -0.2) is 4.79 Å². The number of carbonyl (C=O) groups is 2. The maximum absolute atomic E-state index is 11.1. The summed E-state index contributed by atoms with van der Waals surface area (Å²) in [6, 6.07) is 18.7. The second-order valence-corrected chi connectivity index (χ2v) is 7.90. The van der Waals surface area contributed by atoms with Gasteiger partial charge in [-0.3, -0.25) is 4.79 Å². The summed E-state index contributed by atoms with van der Waals surface area (Å²) in [6.45, 7) is 0. The minimum Gasteiger partial charge on any atom is -0.481 e. The Morgan fingerprint density at radius 1 is 0.893 bits per heavy atom. The van der Waals surface area contributed by atoms with Crippen molar-refractivity contribution in [1.82, 2.24) is 0 Å². The minimum absolute atomic E-state index is 0.120. The highest BCUT2D eigenvalue weighted by molar-refractivity contribution is 7.99. The Balaban J connectivity index is 1.74. The fourth-order valence-electron chi connectivity index (χ4n) is 3.01. The molecule has 0 unspecified atom stereocenters. The first-order valence-corrected chi connectivity index (χ1v) is 10.5. The average Bonchev–Trinajstić information content (AvgIpc) is 2.67. The molecule has 2 aromatic rings. The van der Waals surface area contributed by atoms with Crippen molar-refractivity contribution in [2.75, 3.05) is 11.5 Å². The van der Waals surface area contributed by atoms with E-state index >= 15 is 0 Å². The molecular formula is C22H26O5S. The number of carboxylic acid groups (broad SMARTS) is 2. The Morgan fingerprint density at radius 3 is 2.25 bits per heavy atom. The fourth-order valence-corrected chi connectivity index (χ4v) is 4.13. The molecule has 3 N–H and O–H groups in total. The van der Waals surface area contributed by atoms with Gasteiger partial charge < -0.3 is 15.3 Å². The summed E-state index contributed by atoms with van der Waals surface area (Å²) < 4.78 is 0. The first-order chi connectivity index (χ1) is 13.4. The summed E-state index contributed by atoms with van der Waals surface area (Å²) >= 11 is 1.28. The highest BCUT2D eigenvalue weighted by atomic mass is 32.2. The number of aryl methyl sites for hydroxylation is 1. The average molecular weight is 403 g/mol. The first kappa shape index (κ1) is 22.0. The zero-order chi connectivity index (χ0) is 20.4. The monoisotopic (exact) mass is 402 g/mol. The van der Waals surface area contributed by atoms with Gasteiger partial charge in [0.05, 0.1) is 6.42 Å². The maximum Gasteiger partial charge on any atom is 0.337 e. The van der Waals surface area contributed by atoms with Gasteiger partial charge in [0.1, 0.15) is 0 Å². The van der Waals surface area contributed by atoms with Gasteiger partial charge >= 0.3 is 11.9 Å². The number of thioether (sulfide) groups is 1. The van der Waals surface area contributed by atoms with Crippen LogP contribution < -0.4 is 0 Å². The summed E-state index contributed by atoms with van der Waals surface area (Å²) in [7, 11) is 0. The predicted octanol–water partition coefficient (Wildman–Crippen LogP) is 4.09. The number of aliphatic hydroxyl groups is 1. The molecule has 0 radical (unpaired) electrons. The molecule has 2 rings (SSSR count). The van der Waals surface area contributed by atoms with Crippen molar-refractivity contribution < 1.29 is 24.9 Å². The lowest BCUT2D eigenvalue weighted by atomic mass is 9.96. The van der Waals surface area contributed by atoms with Crippen LogP contribution in [0.3, 0.4) is 0 Å². The zero-order valence-corrected chi connectivity index (χ0v) is 16.5. The molecular weight excluding hydrogens is 376 g/mol. The molecule has 0 spiro atoms. The third kappa shape index (κ3) is 6.69. The Bertz CT molecular complexity index is 778. The van der Waals surface area contributed by atoms with E-state index in [2.05, 4.69) is 24.3 Å². The molecule has 0 aromatic heterocycles. The van der Waals surface area contributed by atoms with E-state index in [-0.39, 0.29) is 5.75 Å². The highest BCUT2D eigenvalue weighted by Crippen LogP contribution is 2.25. The lowest BCUT2D eigenvalue weighted by molar-refractivity contribution is -0.162. The van der Waals surface area contributed by atoms with Crippen molar-refractivity contribution in [3.63, 3.8) is 0 Å². The molecule has 1 atom stereocenters. The number of rotatable bonds is 12. The normalized spacial score (nSPS) is 13.0. The van der Waals surface area contributed by atoms with E-state index in [0.29, 0.717) is 5.75 Å². The molecule has 0 saturated carbocycles. The van der Waals surface area contributed by atoms with Gasteiger partial charge in [0.15, 0.2) is 5.60 Å². The van der Waals surface area contributed by atoms with Crippen molar-refractivity contribution in [3.8, 4) is 11.1 Å². The summed E-state index contributed by atoms with van der Waals surface area (Å²) in [6.07, 6.45) is 3.07. The fraction of sp³-hybridized carbons (Fsp3) is 0.364. The number of aliphatic carboxylic acids is 2. The number of unbranched alkanes of at least 4 members (excludes halogenated alkanes) is 2. The minimum atomic E-state index is -2.20. The van der Waals surface area contributed by atoms with Crippen LogP contribution in [0.4, 0.5) is 0 Å². The second-order valence-electron chi connectivity index (χ2n) is 6.79. The molecule has 0 bridgehead atoms. The van der Waals surface area contributed by atoms with E-state index < -0.39 is 24.0 Å². The Kier molecular flexibility index (Phi) is 8.54. The third-order valence-corrected chi connectivity index (χ3v) is 5.78. The van der Waals surface area contributed by atoms with Crippen LogP contribution >= 0.6 is 11.8 Å². The van der Waals surface area contributed by atoms with Gasteiger partial charge in [0.2, 0.25) is 0 Å². The maximum atomic E-state index is 11.1. The van der Waals surface area contributed by atoms with Crippen LogP contribution in [0.5, 0.6) is 0 Å². The van der Waals surface area contributed by atoms with E-state index in [9.17, 15) is 14.7 Å². The topological polar surface area (TPSA) is 94.8 Å². The first-order valence-electron chi connectivity index (χ1n) is 9.31. The van der Waals surface area contributed by atoms with Crippen molar-refractivity contribution >= 4 is 23.7 Å². The molecule has 0 heterocycles. The van der Waals surface area contributed by atoms with Crippen LogP contribution in [0.15, 0.2) is 54.6 Å². The second kappa shape index (κ2) is 10.9. The quantitative estimate of drug-likeness (QED) is 0.463. The van der Waals surface area contributed by atoms with Crippen LogP contribution in [0.2, 0.25) is 0 Å². The summed E-state index contributed by atoms with van der Waals surface area (Å²) in [4.78, 5) is 21.8. The Labute approximate surface area is 169 Å². The number of hydrogen-bond acceptors (Lipinski definition) is 4. The summed E-state index contributed by atoms with van der Waals surface area (Å²) in [5.41, 5.74) is 1.56. The lowest BCUT2D eigenvalue weighted by Gasteiger charge is -2.20. The van der Waals surface area contributed by atoms with Crippen LogP contribution in [0.1, 0.15) is 31.2 Å². The molecule has 0 amide bonds. The zero-order valence-electron chi connectivity index (χ0n) is 15.7. The molecule has 150 valence electrons. The van der Waals surface area contributed by atoms with Crippen molar-refractivity contribution in [1.29, 1.82) is 0 Å². The lowest BCUT2D eigenvalue weighted by Crippen LogP contribution is -2.43. The van der Waals surface area contributed by atoms with Crippen LogP contribution in [0, 0.1) is 0 Å². The molecule has 0 fully saturated rings. The van der Waals surface area contributed by atoms with E-state index in [1.54, 1.807) is 0 Å². The van der Waals surface area contributed by atoms with Crippen LogP contribution in [-0.2, 0) is 16.0 Å². The summed E-state index contributed by atoms with van der Waals surface area (Å²) in [5.74, 6) is -2.23. The Hall–Kier alpha value is -2.31. The van der Waals surface area contributed by atoms with Gasteiger partial charge in [-0.1, -0.05) is 61.0 Å². The molecule has 2 aromatic carbocycles. The van der Waals surface area contributed by atoms with Gasteiger partial charge in [-0.15, -0.1) is 0 Å². The molecule has 5 nitrogen and oxygen atoms in total. The molecule has 0 saturated heterocycles. The molecule has 0 aliphatic rings. The van der Waals surface area contributed by atoms with Crippen LogP contribution in [-0.4, -0.2) is 44.4 Å². The van der Waals surface area contributed by atoms with Gasteiger partial charge in [0.25, 0.3) is 0 Å². The SMILES string of the molecule is O=C(O)C[C@@](O)(CSCCCCCc1ccccc1-c1ccccc1)C(=O)O. The molecule has 6 heteroatoms. The third-order valence-electron chi connectivity index (χ3n) is 4.52. The van der Waals surface area contributed by atoms with E-state index in [4.69, 9.17) is 10.2 Å². The highest BCUT2D eigenvalue weighted by Gasteiger charge is 2.38. The molecule has 0 aliphatic heterocycles. The van der Waals surface area contributed by atoms with Crippen molar-refractivity contribution in [2.45, 2.75) is 37.7 Å². The number of hydrogen-bond donors (Lipinski definition) is 3. The Morgan fingerprint density at radius 2 is 1.57 bits per heavy atom.